The number of hydrogen-bond acceptors (Lipinski definition) is 4. The summed E-state index contributed by atoms with van der Waals surface area (Å²) < 4.78 is 11.2. The summed E-state index contributed by atoms with van der Waals surface area (Å²) in [6.45, 7) is 6.16. The third-order valence-corrected chi connectivity index (χ3v) is 3.22. The predicted molar refractivity (Wildman–Crippen MR) is 66.7 cm³/mol. The molecule has 4 heteroatoms. The van der Waals surface area contributed by atoms with Gasteiger partial charge in [0.15, 0.2) is 0 Å². The Labute approximate surface area is 102 Å². The Hall–Kier alpha value is -1.29. The summed E-state index contributed by atoms with van der Waals surface area (Å²) >= 11 is 0. The van der Waals surface area contributed by atoms with Crippen LogP contribution in [0.3, 0.4) is 0 Å². The van der Waals surface area contributed by atoms with Crippen LogP contribution in [0.25, 0.3) is 0 Å². The van der Waals surface area contributed by atoms with Gasteiger partial charge in [0.25, 0.3) is 0 Å². The summed E-state index contributed by atoms with van der Waals surface area (Å²) in [5.41, 5.74) is 0.927. The van der Waals surface area contributed by atoms with Gasteiger partial charge >= 0.3 is 0 Å². The fraction of sp³-hybridized carbons (Fsp3) is 0.615. The molecule has 1 N–H and O–H groups in total. The molecule has 0 saturated carbocycles. The lowest BCUT2D eigenvalue weighted by molar-refractivity contribution is 0.0550. The lowest BCUT2D eigenvalue weighted by Crippen LogP contribution is -2.43. The van der Waals surface area contributed by atoms with Crippen LogP contribution in [0.4, 0.5) is 0 Å². The predicted octanol–water partition coefficient (Wildman–Crippen LogP) is 1.92. The van der Waals surface area contributed by atoms with Crippen molar-refractivity contribution in [3.8, 4) is 11.6 Å². The molecule has 1 aromatic rings. The van der Waals surface area contributed by atoms with E-state index in [1.807, 2.05) is 13.0 Å². The van der Waals surface area contributed by atoms with Gasteiger partial charge in [-0.3, -0.25) is 0 Å². The normalized spacial score (nSPS) is 18.8. The van der Waals surface area contributed by atoms with Gasteiger partial charge in [0, 0.05) is 5.56 Å². The first-order chi connectivity index (χ1) is 8.13. The van der Waals surface area contributed by atoms with E-state index in [1.165, 1.54) is 0 Å². The Morgan fingerprint density at radius 2 is 2.06 bits per heavy atom. The van der Waals surface area contributed by atoms with Crippen molar-refractivity contribution in [2.75, 3.05) is 20.2 Å². The second-order valence-electron chi connectivity index (χ2n) is 4.80. The largest absolute Gasteiger partial charge is 0.486 e. The highest BCUT2D eigenvalue weighted by atomic mass is 16.5. The average Bonchev–Trinajstić information content (AvgIpc) is 2.29. The van der Waals surface area contributed by atoms with Crippen LogP contribution in [0.15, 0.2) is 12.3 Å². The number of piperidine rings is 1. The highest BCUT2D eigenvalue weighted by molar-refractivity contribution is 5.32. The number of aromatic nitrogens is 1. The molecule has 17 heavy (non-hydrogen) atoms. The van der Waals surface area contributed by atoms with Crippen molar-refractivity contribution in [3.63, 3.8) is 0 Å². The van der Waals surface area contributed by atoms with Crippen LogP contribution in [0.1, 0.15) is 25.3 Å². The van der Waals surface area contributed by atoms with E-state index in [0.29, 0.717) is 5.88 Å². The molecule has 0 bridgehead atoms. The summed E-state index contributed by atoms with van der Waals surface area (Å²) in [6, 6.07) is 1.99. The van der Waals surface area contributed by atoms with E-state index >= 15 is 0 Å². The number of methoxy groups -OCH3 is 1. The summed E-state index contributed by atoms with van der Waals surface area (Å²) in [4.78, 5) is 4.23. The molecule has 0 spiro atoms. The van der Waals surface area contributed by atoms with E-state index in [9.17, 15) is 0 Å². The summed E-state index contributed by atoms with van der Waals surface area (Å²) in [5.74, 6) is 1.49. The zero-order valence-corrected chi connectivity index (χ0v) is 10.7. The van der Waals surface area contributed by atoms with Gasteiger partial charge in [-0.05, 0) is 45.8 Å². The van der Waals surface area contributed by atoms with Crippen LogP contribution in [-0.4, -0.2) is 30.8 Å². The molecule has 94 valence electrons. The summed E-state index contributed by atoms with van der Waals surface area (Å²) in [7, 11) is 1.63. The average molecular weight is 236 g/mol. The van der Waals surface area contributed by atoms with E-state index < -0.39 is 0 Å². The molecular formula is C13H20N2O2. The van der Waals surface area contributed by atoms with E-state index in [4.69, 9.17) is 9.47 Å². The molecule has 1 aliphatic rings. The van der Waals surface area contributed by atoms with Gasteiger partial charge in [-0.1, -0.05) is 0 Å². The minimum Gasteiger partial charge on any atom is -0.486 e. The number of nitrogens with one attached hydrogen (secondary N) is 1. The first-order valence-electron chi connectivity index (χ1n) is 6.03. The quantitative estimate of drug-likeness (QED) is 0.870. The van der Waals surface area contributed by atoms with Crippen molar-refractivity contribution in [1.82, 2.24) is 10.3 Å². The first-order valence-corrected chi connectivity index (χ1v) is 6.03. The third kappa shape index (κ3) is 2.88. The number of ether oxygens (including phenoxy) is 2. The topological polar surface area (TPSA) is 43.4 Å². The van der Waals surface area contributed by atoms with E-state index in [2.05, 4.69) is 17.2 Å². The van der Waals surface area contributed by atoms with Crippen molar-refractivity contribution in [1.29, 1.82) is 0 Å². The molecule has 0 aromatic carbocycles. The molecule has 0 unspecified atom stereocenters. The van der Waals surface area contributed by atoms with Crippen LogP contribution in [0, 0.1) is 6.92 Å². The Balaban J connectivity index is 2.10. The Morgan fingerprint density at radius 1 is 1.35 bits per heavy atom. The minimum absolute atomic E-state index is 0.0754. The summed E-state index contributed by atoms with van der Waals surface area (Å²) in [5, 5.41) is 3.34. The number of nitrogens with zero attached hydrogens (tertiary/aromatic N) is 1. The summed E-state index contributed by atoms with van der Waals surface area (Å²) in [6.07, 6.45) is 3.79. The molecule has 2 heterocycles. The standard InChI is InChI=1S/C13H20N2O2/c1-10-8-11(9-15-12(10)16-3)17-13(2)4-6-14-7-5-13/h8-9,14H,4-7H2,1-3H3. The maximum atomic E-state index is 6.07. The Bertz CT molecular complexity index is 387. The van der Waals surface area contributed by atoms with Crippen LogP contribution < -0.4 is 14.8 Å². The molecule has 2 rings (SSSR count). The van der Waals surface area contributed by atoms with Crippen molar-refractivity contribution < 1.29 is 9.47 Å². The van der Waals surface area contributed by atoms with Crippen molar-refractivity contribution in [2.24, 2.45) is 0 Å². The SMILES string of the molecule is COc1ncc(OC2(C)CCNCC2)cc1C. The fourth-order valence-corrected chi connectivity index (χ4v) is 2.15. The Morgan fingerprint density at radius 3 is 2.65 bits per heavy atom. The molecule has 0 amide bonds. The molecule has 1 fully saturated rings. The maximum absolute atomic E-state index is 6.07. The molecule has 1 aromatic heterocycles. The van der Waals surface area contributed by atoms with E-state index in [1.54, 1.807) is 13.3 Å². The van der Waals surface area contributed by atoms with Gasteiger partial charge in [-0.25, -0.2) is 4.98 Å². The van der Waals surface area contributed by atoms with Gasteiger partial charge in [0.05, 0.1) is 13.3 Å². The zero-order valence-electron chi connectivity index (χ0n) is 10.7. The molecule has 1 saturated heterocycles. The number of pyridine rings is 1. The third-order valence-electron chi connectivity index (χ3n) is 3.22. The molecule has 0 radical (unpaired) electrons. The van der Waals surface area contributed by atoms with Gasteiger partial charge < -0.3 is 14.8 Å². The molecule has 1 aliphatic heterocycles. The van der Waals surface area contributed by atoms with Crippen molar-refractivity contribution in [2.45, 2.75) is 32.3 Å². The van der Waals surface area contributed by atoms with Crippen molar-refractivity contribution in [3.05, 3.63) is 17.8 Å². The smallest absolute Gasteiger partial charge is 0.216 e. The van der Waals surface area contributed by atoms with Gasteiger partial charge in [-0.2, -0.15) is 0 Å². The highest BCUT2D eigenvalue weighted by Crippen LogP contribution is 2.27. The lowest BCUT2D eigenvalue weighted by Gasteiger charge is -2.34. The van der Waals surface area contributed by atoms with Gasteiger partial charge in [0.2, 0.25) is 5.88 Å². The molecule has 0 aliphatic carbocycles. The van der Waals surface area contributed by atoms with Crippen LogP contribution in [0.5, 0.6) is 11.6 Å². The van der Waals surface area contributed by atoms with Crippen LogP contribution >= 0.6 is 0 Å². The van der Waals surface area contributed by atoms with E-state index in [-0.39, 0.29) is 5.60 Å². The lowest BCUT2D eigenvalue weighted by atomic mass is 9.94. The number of aryl methyl sites for hydroxylation is 1. The zero-order chi connectivity index (χ0) is 12.3. The van der Waals surface area contributed by atoms with Gasteiger partial charge in [0.1, 0.15) is 11.4 Å². The van der Waals surface area contributed by atoms with Crippen molar-refractivity contribution >= 4 is 0 Å². The second kappa shape index (κ2) is 4.92. The number of hydrogen-bond donors (Lipinski definition) is 1. The number of rotatable bonds is 3. The highest BCUT2D eigenvalue weighted by Gasteiger charge is 2.28. The molecule has 4 nitrogen and oxygen atoms in total. The molecule has 0 atom stereocenters. The minimum atomic E-state index is -0.0754. The molecular weight excluding hydrogens is 216 g/mol. The van der Waals surface area contributed by atoms with Gasteiger partial charge in [-0.15, -0.1) is 0 Å². The first kappa shape index (κ1) is 12.2. The fourth-order valence-electron chi connectivity index (χ4n) is 2.15. The monoisotopic (exact) mass is 236 g/mol. The van der Waals surface area contributed by atoms with Crippen LogP contribution in [-0.2, 0) is 0 Å². The Kier molecular flexibility index (Phi) is 3.52. The van der Waals surface area contributed by atoms with E-state index in [0.717, 1.165) is 37.2 Å². The second-order valence-corrected chi connectivity index (χ2v) is 4.80. The van der Waals surface area contributed by atoms with Crippen LogP contribution in [0.2, 0.25) is 0 Å². The maximum Gasteiger partial charge on any atom is 0.216 e.